The summed E-state index contributed by atoms with van der Waals surface area (Å²) < 4.78 is 10.1. The smallest absolute Gasteiger partial charge is 0.410 e. The van der Waals surface area contributed by atoms with Crippen LogP contribution in [0.4, 0.5) is 4.79 Å². The maximum absolute atomic E-state index is 12.2. The van der Waals surface area contributed by atoms with E-state index in [0.29, 0.717) is 18.7 Å². The normalized spacial score (nSPS) is 13.7. The zero-order valence-corrected chi connectivity index (χ0v) is 14.7. The van der Waals surface area contributed by atoms with Crippen molar-refractivity contribution >= 4 is 17.6 Å². The summed E-state index contributed by atoms with van der Waals surface area (Å²) in [6, 6.07) is 16.9. The Balaban J connectivity index is 1.56. The Kier molecular flexibility index (Phi) is 5.69. The molecule has 1 aliphatic rings. The second-order valence-corrected chi connectivity index (χ2v) is 6.03. The predicted octanol–water partition coefficient (Wildman–Crippen LogP) is 3.90. The van der Waals surface area contributed by atoms with E-state index in [1.54, 1.807) is 17.0 Å². The molecule has 0 spiro atoms. The van der Waals surface area contributed by atoms with Gasteiger partial charge in [-0.2, -0.15) is 0 Å². The average Bonchev–Trinajstić information content (AvgIpc) is 2.72. The third-order valence-electron chi connectivity index (χ3n) is 4.35. The first kappa shape index (κ1) is 17.7. The Hall–Kier alpha value is -3.08. The van der Waals surface area contributed by atoms with E-state index in [0.717, 1.165) is 23.1 Å². The number of carbonyl (C=O) groups excluding carboxylic acids is 2. The van der Waals surface area contributed by atoms with Crippen LogP contribution < -0.4 is 0 Å². The Labute approximate surface area is 152 Å². The van der Waals surface area contributed by atoms with E-state index in [9.17, 15) is 9.59 Å². The van der Waals surface area contributed by atoms with E-state index in [2.05, 4.69) is 0 Å². The van der Waals surface area contributed by atoms with Gasteiger partial charge in [0.1, 0.15) is 6.61 Å². The van der Waals surface area contributed by atoms with Gasteiger partial charge in [-0.05, 0) is 35.3 Å². The van der Waals surface area contributed by atoms with Crippen LogP contribution in [0.2, 0.25) is 0 Å². The van der Waals surface area contributed by atoms with E-state index in [1.807, 2.05) is 48.5 Å². The maximum atomic E-state index is 12.2. The van der Waals surface area contributed by atoms with Crippen molar-refractivity contribution in [3.63, 3.8) is 0 Å². The van der Waals surface area contributed by atoms with Crippen LogP contribution >= 0.6 is 0 Å². The lowest BCUT2D eigenvalue weighted by Gasteiger charge is -2.26. The highest BCUT2D eigenvalue weighted by atomic mass is 16.6. The number of nitrogens with zero attached hydrogens (tertiary/aromatic N) is 1. The third kappa shape index (κ3) is 4.30. The van der Waals surface area contributed by atoms with Crippen LogP contribution in [-0.2, 0) is 16.1 Å². The van der Waals surface area contributed by atoms with Crippen molar-refractivity contribution in [2.45, 2.75) is 13.0 Å². The molecule has 0 aliphatic carbocycles. The molecule has 3 rings (SSSR count). The molecule has 0 unspecified atom stereocenters. The van der Waals surface area contributed by atoms with E-state index in [-0.39, 0.29) is 18.7 Å². The van der Waals surface area contributed by atoms with Gasteiger partial charge in [-0.15, -0.1) is 0 Å². The Bertz CT molecular complexity index is 797. The summed E-state index contributed by atoms with van der Waals surface area (Å²) in [5.74, 6) is -0.346. The highest BCUT2D eigenvalue weighted by Crippen LogP contribution is 2.23. The van der Waals surface area contributed by atoms with Crippen LogP contribution in [-0.4, -0.2) is 37.2 Å². The second kappa shape index (κ2) is 8.34. The Morgan fingerprint density at radius 1 is 1.04 bits per heavy atom. The summed E-state index contributed by atoms with van der Waals surface area (Å²) in [5.41, 5.74) is 3.71. The molecule has 0 aromatic heterocycles. The standard InChI is InChI=1S/C21H21NO4/c1-25-20(23)19-9-7-17(8-10-19)18-11-13-22(14-12-18)21(24)26-15-16-5-3-2-4-6-16/h2-11H,12-15H2,1H3. The number of rotatable bonds is 4. The SMILES string of the molecule is COC(=O)c1ccc(C2=CCN(C(=O)OCc3ccccc3)CC2)cc1. The molecular formula is C21H21NO4. The molecular weight excluding hydrogens is 330 g/mol. The number of esters is 1. The van der Waals surface area contributed by atoms with Crippen molar-refractivity contribution in [2.24, 2.45) is 0 Å². The largest absolute Gasteiger partial charge is 0.465 e. The minimum Gasteiger partial charge on any atom is -0.465 e. The maximum Gasteiger partial charge on any atom is 0.410 e. The molecule has 0 saturated heterocycles. The first-order valence-corrected chi connectivity index (χ1v) is 8.51. The van der Waals surface area contributed by atoms with Gasteiger partial charge in [0.05, 0.1) is 12.7 Å². The van der Waals surface area contributed by atoms with Crippen molar-refractivity contribution in [2.75, 3.05) is 20.2 Å². The van der Waals surface area contributed by atoms with Crippen molar-refractivity contribution in [1.29, 1.82) is 0 Å². The quantitative estimate of drug-likeness (QED) is 0.784. The van der Waals surface area contributed by atoms with Gasteiger partial charge in [-0.25, -0.2) is 9.59 Å². The van der Waals surface area contributed by atoms with Crippen molar-refractivity contribution in [1.82, 2.24) is 4.90 Å². The lowest BCUT2D eigenvalue weighted by molar-refractivity contribution is 0.0600. The minimum atomic E-state index is -0.346. The van der Waals surface area contributed by atoms with Crippen molar-refractivity contribution < 1.29 is 19.1 Å². The fourth-order valence-corrected chi connectivity index (χ4v) is 2.85. The highest BCUT2D eigenvalue weighted by molar-refractivity contribution is 5.89. The molecule has 5 nitrogen and oxygen atoms in total. The molecule has 26 heavy (non-hydrogen) atoms. The molecule has 0 bridgehead atoms. The second-order valence-electron chi connectivity index (χ2n) is 6.03. The first-order valence-electron chi connectivity index (χ1n) is 8.51. The summed E-state index contributed by atoms with van der Waals surface area (Å²) in [5, 5.41) is 0. The van der Waals surface area contributed by atoms with E-state index in [1.165, 1.54) is 7.11 Å². The lowest BCUT2D eigenvalue weighted by atomic mass is 9.98. The molecule has 0 N–H and O–H groups in total. The zero-order valence-electron chi connectivity index (χ0n) is 14.7. The molecule has 0 fully saturated rings. The van der Waals surface area contributed by atoms with Crippen LogP contribution in [0.1, 0.15) is 27.9 Å². The number of hydrogen-bond donors (Lipinski definition) is 0. The van der Waals surface area contributed by atoms with E-state index in [4.69, 9.17) is 9.47 Å². The van der Waals surface area contributed by atoms with Crippen molar-refractivity contribution in [3.05, 3.63) is 77.4 Å². The molecule has 5 heteroatoms. The molecule has 0 radical (unpaired) electrons. The van der Waals surface area contributed by atoms with Crippen LogP contribution in [0.3, 0.4) is 0 Å². The lowest BCUT2D eigenvalue weighted by Crippen LogP contribution is -2.35. The molecule has 0 saturated carbocycles. The molecule has 1 aliphatic heterocycles. The number of methoxy groups -OCH3 is 1. The summed E-state index contributed by atoms with van der Waals surface area (Å²) in [6.07, 6.45) is 2.48. The highest BCUT2D eigenvalue weighted by Gasteiger charge is 2.19. The van der Waals surface area contributed by atoms with Gasteiger partial charge in [0.15, 0.2) is 0 Å². The van der Waals surface area contributed by atoms with E-state index < -0.39 is 0 Å². The van der Waals surface area contributed by atoms with Gasteiger partial charge in [0.2, 0.25) is 0 Å². The molecule has 2 aromatic carbocycles. The number of hydrogen-bond acceptors (Lipinski definition) is 4. The van der Waals surface area contributed by atoms with Crippen LogP contribution in [0.5, 0.6) is 0 Å². The number of ether oxygens (including phenoxy) is 2. The summed E-state index contributed by atoms with van der Waals surface area (Å²) in [7, 11) is 1.37. The number of amides is 1. The molecule has 0 atom stereocenters. The van der Waals surface area contributed by atoms with Crippen LogP contribution in [0, 0.1) is 0 Å². The fraction of sp³-hybridized carbons (Fsp3) is 0.238. The summed E-state index contributed by atoms with van der Waals surface area (Å²) in [4.78, 5) is 25.4. The van der Waals surface area contributed by atoms with Crippen LogP contribution in [0.25, 0.3) is 5.57 Å². The minimum absolute atomic E-state index is 0.279. The molecule has 134 valence electrons. The third-order valence-corrected chi connectivity index (χ3v) is 4.35. The number of carbonyl (C=O) groups is 2. The number of benzene rings is 2. The zero-order chi connectivity index (χ0) is 18.4. The van der Waals surface area contributed by atoms with Gasteiger partial charge in [-0.3, -0.25) is 0 Å². The fourth-order valence-electron chi connectivity index (χ4n) is 2.85. The predicted molar refractivity (Wildman–Crippen MR) is 98.6 cm³/mol. The van der Waals surface area contributed by atoms with Gasteiger partial charge in [0.25, 0.3) is 0 Å². The van der Waals surface area contributed by atoms with Gasteiger partial charge < -0.3 is 14.4 Å². The Morgan fingerprint density at radius 3 is 2.38 bits per heavy atom. The monoisotopic (exact) mass is 351 g/mol. The summed E-state index contributed by atoms with van der Waals surface area (Å²) >= 11 is 0. The Morgan fingerprint density at radius 2 is 1.77 bits per heavy atom. The topological polar surface area (TPSA) is 55.8 Å². The van der Waals surface area contributed by atoms with Crippen molar-refractivity contribution in [3.8, 4) is 0 Å². The summed E-state index contributed by atoms with van der Waals surface area (Å²) in [6.45, 7) is 1.40. The van der Waals surface area contributed by atoms with Gasteiger partial charge in [-0.1, -0.05) is 48.5 Å². The van der Waals surface area contributed by atoms with Crippen LogP contribution in [0.15, 0.2) is 60.7 Å². The van der Waals surface area contributed by atoms with E-state index >= 15 is 0 Å². The first-order chi connectivity index (χ1) is 12.7. The van der Waals surface area contributed by atoms with Gasteiger partial charge >= 0.3 is 12.1 Å². The average molecular weight is 351 g/mol. The van der Waals surface area contributed by atoms with Gasteiger partial charge in [0, 0.05) is 13.1 Å². The molecule has 1 amide bonds. The molecule has 2 aromatic rings. The molecule has 1 heterocycles.